The molecule has 0 aliphatic heterocycles. The Kier molecular flexibility index (Phi) is 6.20. The molecule has 0 radical (unpaired) electrons. The van der Waals surface area contributed by atoms with Gasteiger partial charge in [0.15, 0.2) is 5.84 Å². The molecular weight excluding hydrogens is 352 g/mol. The van der Waals surface area contributed by atoms with Crippen molar-refractivity contribution in [1.82, 2.24) is 0 Å². The van der Waals surface area contributed by atoms with Crippen molar-refractivity contribution in [3.8, 4) is 11.8 Å². The van der Waals surface area contributed by atoms with Crippen LogP contribution in [0, 0.1) is 53.4 Å². The second-order valence-electron chi connectivity index (χ2n) is 7.72. The maximum absolute atomic E-state index is 4.95. The largest absolute Gasteiger partial charge is 0.333 e. The lowest BCUT2D eigenvalue weighted by Gasteiger charge is -2.14. The van der Waals surface area contributed by atoms with Gasteiger partial charge >= 0.3 is 0 Å². The Bertz CT molecular complexity index is 1080. The third kappa shape index (κ3) is 5.15. The van der Waals surface area contributed by atoms with Crippen molar-refractivity contribution in [3.05, 3.63) is 93.5 Å². The second-order valence-corrected chi connectivity index (χ2v) is 7.72. The Balaban J connectivity index is 2.09. The summed E-state index contributed by atoms with van der Waals surface area (Å²) in [7, 11) is 0. The van der Waals surface area contributed by atoms with Crippen molar-refractivity contribution in [1.29, 1.82) is 0 Å². The zero-order valence-corrected chi connectivity index (χ0v) is 18.1. The summed E-state index contributed by atoms with van der Waals surface area (Å²) in [6.45, 7) is 12.7. The van der Waals surface area contributed by atoms with E-state index >= 15 is 0 Å². The smallest absolute Gasteiger partial charge is 0.183 e. The van der Waals surface area contributed by atoms with E-state index in [-0.39, 0.29) is 0 Å². The molecule has 0 fully saturated rings. The fourth-order valence-corrected chi connectivity index (χ4v) is 3.70. The SMILES string of the molecule is Cc1cc(C)c(N=C(C#Cc2ccccc2)Nc2c(C)cc(C)cc2C)c(C)c1. The number of rotatable bonds is 2. The molecule has 2 nitrogen and oxygen atoms in total. The van der Waals surface area contributed by atoms with E-state index in [1.807, 2.05) is 30.3 Å². The molecule has 146 valence electrons. The molecule has 0 aliphatic rings. The van der Waals surface area contributed by atoms with E-state index in [0.717, 1.165) is 28.1 Å². The number of aryl methyl sites for hydroxylation is 6. The van der Waals surface area contributed by atoms with E-state index < -0.39 is 0 Å². The number of hydrogen-bond donors (Lipinski definition) is 1. The van der Waals surface area contributed by atoms with Crippen LogP contribution in [0.15, 0.2) is 59.6 Å². The van der Waals surface area contributed by atoms with Gasteiger partial charge in [0, 0.05) is 11.3 Å². The summed E-state index contributed by atoms with van der Waals surface area (Å²) in [5.74, 6) is 7.15. The number of nitrogens with one attached hydrogen (secondary N) is 1. The van der Waals surface area contributed by atoms with Crippen molar-refractivity contribution in [2.75, 3.05) is 5.32 Å². The fourth-order valence-electron chi connectivity index (χ4n) is 3.70. The Morgan fingerprint density at radius 2 is 1.24 bits per heavy atom. The Morgan fingerprint density at radius 3 is 1.79 bits per heavy atom. The van der Waals surface area contributed by atoms with Crippen LogP contribution in [0.2, 0.25) is 0 Å². The predicted octanol–water partition coefficient (Wildman–Crippen LogP) is 6.73. The average Bonchev–Trinajstić information content (AvgIpc) is 2.65. The Labute approximate surface area is 174 Å². The average molecular weight is 381 g/mol. The molecule has 3 aromatic carbocycles. The molecule has 29 heavy (non-hydrogen) atoms. The number of nitrogens with zero attached hydrogens (tertiary/aromatic N) is 1. The number of anilines is 1. The van der Waals surface area contributed by atoms with Crippen LogP contribution in [-0.2, 0) is 0 Å². The van der Waals surface area contributed by atoms with E-state index in [2.05, 4.69) is 83.0 Å². The van der Waals surface area contributed by atoms with Gasteiger partial charge in [-0.15, -0.1) is 0 Å². The first-order valence-electron chi connectivity index (χ1n) is 9.92. The molecule has 0 saturated heterocycles. The van der Waals surface area contributed by atoms with Crippen LogP contribution in [0.5, 0.6) is 0 Å². The van der Waals surface area contributed by atoms with Gasteiger partial charge in [-0.1, -0.05) is 59.5 Å². The molecule has 0 aromatic heterocycles. The summed E-state index contributed by atoms with van der Waals surface area (Å²) in [5.41, 5.74) is 10.2. The van der Waals surface area contributed by atoms with E-state index in [4.69, 9.17) is 4.99 Å². The Morgan fingerprint density at radius 1 is 0.724 bits per heavy atom. The topological polar surface area (TPSA) is 24.4 Å². The van der Waals surface area contributed by atoms with Gasteiger partial charge in [-0.3, -0.25) is 0 Å². The lowest BCUT2D eigenvalue weighted by Crippen LogP contribution is -2.12. The van der Waals surface area contributed by atoms with Gasteiger partial charge in [-0.2, -0.15) is 0 Å². The number of hydrogen-bond acceptors (Lipinski definition) is 1. The molecule has 0 aliphatic carbocycles. The Hall–Kier alpha value is -3.31. The minimum atomic E-state index is 0.652. The first-order chi connectivity index (χ1) is 13.8. The van der Waals surface area contributed by atoms with Crippen LogP contribution >= 0.6 is 0 Å². The first kappa shape index (κ1) is 20.4. The van der Waals surface area contributed by atoms with Gasteiger partial charge in [-0.25, -0.2) is 4.99 Å². The summed E-state index contributed by atoms with van der Waals surface area (Å²) in [6, 6.07) is 18.7. The van der Waals surface area contributed by atoms with Gasteiger partial charge in [-0.05, 0) is 81.8 Å². The van der Waals surface area contributed by atoms with Crippen molar-refractivity contribution >= 4 is 17.2 Å². The minimum Gasteiger partial charge on any atom is -0.333 e. The van der Waals surface area contributed by atoms with E-state index in [1.54, 1.807) is 0 Å². The van der Waals surface area contributed by atoms with E-state index in [1.165, 1.54) is 22.3 Å². The zero-order chi connectivity index (χ0) is 21.0. The van der Waals surface area contributed by atoms with Crippen LogP contribution in [0.1, 0.15) is 38.9 Å². The summed E-state index contributed by atoms with van der Waals surface area (Å²) in [4.78, 5) is 4.95. The second kappa shape index (κ2) is 8.80. The van der Waals surface area contributed by atoms with Crippen LogP contribution < -0.4 is 5.32 Å². The van der Waals surface area contributed by atoms with E-state index in [9.17, 15) is 0 Å². The number of aliphatic imine (C=N–C) groups is 1. The molecule has 0 amide bonds. The third-order valence-corrected chi connectivity index (χ3v) is 4.88. The molecule has 0 saturated carbocycles. The van der Waals surface area contributed by atoms with Crippen LogP contribution in [0.4, 0.5) is 11.4 Å². The van der Waals surface area contributed by atoms with Gasteiger partial charge in [0.25, 0.3) is 0 Å². The van der Waals surface area contributed by atoms with Crippen LogP contribution in [0.25, 0.3) is 0 Å². The van der Waals surface area contributed by atoms with Gasteiger partial charge in [0.1, 0.15) is 0 Å². The minimum absolute atomic E-state index is 0.652. The normalized spacial score (nSPS) is 11.0. The third-order valence-electron chi connectivity index (χ3n) is 4.88. The highest BCUT2D eigenvalue weighted by Crippen LogP contribution is 2.27. The maximum atomic E-state index is 4.95. The zero-order valence-electron chi connectivity index (χ0n) is 18.1. The summed E-state index contributed by atoms with van der Waals surface area (Å²) in [6.07, 6.45) is 0. The monoisotopic (exact) mass is 380 g/mol. The first-order valence-corrected chi connectivity index (χ1v) is 9.92. The highest BCUT2D eigenvalue weighted by atomic mass is 15.0. The standard InChI is InChI=1S/C27H28N2/c1-18-14-20(3)26(21(4)15-18)28-25(13-12-24-10-8-7-9-11-24)29-27-22(5)16-19(2)17-23(27)6/h7-11,14-17H,1-6H3,(H,28,29). The molecule has 2 heteroatoms. The number of amidine groups is 1. The molecule has 3 aromatic rings. The molecule has 3 rings (SSSR count). The highest BCUT2D eigenvalue weighted by molar-refractivity contribution is 6.10. The summed E-state index contributed by atoms with van der Waals surface area (Å²) < 4.78 is 0. The summed E-state index contributed by atoms with van der Waals surface area (Å²) in [5, 5.41) is 3.51. The lowest BCUT2D eigenvalue weighted by atomic mass is 10.0. The molecule has 0 spiro atoms. The van der Waals surface area contributed by atoms with Crippen molar-refractivity contribution in [2.24, 2.45) is 4.99 Å². The van der Waals surface area contributed by atoms with Gasteiger partial charge in [0.05, 0.1) is 5.69 Å². The van der Waals surface area contributed by atoms with Crippen LogP contribution in [-0.4, -0.2) is 5.84 Å². The number of benzene rings is 3. The van der Waals surface area contributed by atoms with E-state index in [0.29, 0.717) is 5.84 Å². The quantitative estimate of drug-likeness (QED) is 0.297. The van der Waals surface area contributed by atoms with Gasteiger partial charge < -0.3 is 5.32 Å². The molecule has 0 atom stereocenters. The lowest BCUT2D eigenvalue weighted by molar-refractivity contribution is 1.28. The molecular formula is C27H28N2. The van der Waals surface area contributed by atoms with Crippen molar-refractivity contribution in [2.45, 2.75) is 41.5 Å². The summed E-state index contributed by atoms with van der Waals surface area (Å²) >= 11 is 0. The molecule has 0 bridgehead atoms. The highest BCUT2D eigenvalue weighted by Gasteiger charge is 2.08. The molecule has 1 N–H and O–H groups in total. The maximum Gasteiger partial charge on any atom is 0.183 e. The van der Waals surface area contributed by atoms with Gasteiger partial charge in [0.2, 0.25) is 0 Å². The molecule has 0 unspecified atom stereocenters. The van der Waals surface area contributed by atoms with Crippen LogP contribution in [0.3, 0.4) is 0 Å². The predicted molar refractivity (Wildman–Crippen MR) is 125 cm³/mol. The molecule has 0 heterocycles. The fraction of sp³-hybridized carbons (Fsp3) is 0.222. The van der Waals surface area contributed by atoms with Crippen molar-refractivity contribution in [3.63, 3.8) is 0 Å². The van der Waals surface area contributed by atoms with Crippen molar-refractivity contribution < 1.29 is 0 Å².